The van der Waals surface area contributed by atoms with Gasteiger partial charge in [0.2, 0.25) is 0 Å². The first-order valence-corrected chi connectivity index (χ1v) is 15.6. The third-order valence-corrected chi connectivity index (χ3v) is 8.81. The van der Waals surface area contributed by atoms with E-state index in [4.69, 9.17) is 9.47 Å². The summed E-state index contributed by atoms with van der Waals surface area (Å²) in [5.41, 5.74) is 8.03. The Hall–Kier alpha value is -3.08. The minimum absolute atomic E-state index is 0.751. The maximum atomic E-state index is 6.25. The van der Waals surface area contributed by atoms with E-state index >= 15 is 0 Å². The number of allylic oxidation sites excluding steroid dienone is 1. The van der Waals surface area contributed by atoms with Crippen molar-refractivity contribution in [3.05, 3.63) is 95.1 Å². The van der Waals surface area contributed by atoms with Crippen molar-refractivity contribution in [2.24, 2.45) is 0 Å². The van der Waals surface area contributed by atoms with E-state index in [1.54, 1.807) is 0 Å². The van der Waals surface area contributed by atoms with Gasteiger partial charge in [-0.1, -0.05) is 61.4 Å². The number of aryl methyl sites for hydroxylation is 1. The van der Waals surface area contributed by atoms with Gasteiger partial charge in [-0.15, -0.1) is 0 Å². The summed E-state index contributed by atoms with van der Waals surface area (Å²) in [6.07, 6.45) is 10.1. The Bertz CT molecular complexity index is 1260. The number of nitrogens with zero attached hydrogens (tertiary/aromatic N) is 2. The van der Waals surface area contributed by atoms with Gasteiger partial charge in [-0.05, 0) is 122 Å². The summed E-state index contributed by atoms with van der Waals surface area (Å²) in [5, 5.41) is 0. The normalized spacial score (nSPS) is 18.4. The predicted octanol–water partition coefficient (Wildman–Crippen LogP) is 7.32. The molecule has 4 nitrogen and oxygen atoms in total. The topological polar surface area (TPSA) is 24.9 Å². The van der Waals surface area contributed by atoms with Crippen molar-refractivity contribution >= 4 is 11.1 Å². The van der Waals surface area contributed by atoms with Gasteiger partial charge in [-0.2, -0.15) is 0 Å². The summed E-state index contributed by atoms with van der Waals surface area (Å²) in [6, 6.07) is 26.4. The van der Waals surface area contributed by atoms with Crippen molar-refractivity contribution in [3.8, 4) is 11.5 Å². The molecule has 40 heavy (non-hydrogen) atoms. The summed E-state index contributed by atoms with van der Waals surface area (Å²) in [6.45, 7) is 8.40. The number of likely N-dealkylation sites (tertiary alicyclic amines) is 2. The molecule has 0 radical (unpaired) electrons. The van der Waals surface area contributed by atoms with E-state index in [-0.39, 0.29) is 0 Å². The molecule has 4 heteroatoms. The molecule has 3 aromatic carbocycles. The molecule has 2 aliphatic heterocycles. The van der Waals surface area contributed by atoms with Crippen molar-refractivity contribution in [1.82, 2.24) is 9.80 Å². The quantitative estimate of drug-likeness (QED) is 0.271. The van der Waals surface area contributed by atoms with Crippen LogP contribution in [0.2, 0.25) is 0 Å². The second-order valence-electron chi connectivity index (χ2n) is 11.6. The van der Waals surface area contributed by atoms with Crippen LogP contribution in [0.4, 0.5) is 0 Å². The number of benzene rings is 3. The lowest BCUT2D eigenvalue weighted by atomic mass is 9.79. The largest absolute Gasteiger partial charge is 0.492 e. The van der Waals surface area contributed by atoms with E-state index in [9.17, 15) is 0 Å². The van der Waals surface area contributed by atoms with Crippen LogP contribution in [-0.2, 0) is 6.42 Å². The first-order chi connectivity index (χ1) is 19.8. The van der Waals surface area contributed by atoms with Crippen LogP contribution >= 0.6 is 0 Å². The summed E-state index contributed by atoms with van der Waals surface area (Å²) in [7, 11) is 0. The molecule has 3 aromatic rings. The van der Waals surface area contributed by atoms with Gasteiger partial charge in [-0.25, -0.2) is 0 Å². The molecular weight excluding hydrogens is 492 g/mol. The fourth-order valence-electron chi connectivity index (χ4n) is 6.58. The number of hydrogen-bond acceptors (Lipinski definition) is 4. The lowest BCUT2D eigenvalue weighted by Crippen LogP contribution is -2.33. The van der Waals surface area contributed by atoms with Gasteiger partial charge in [0.1, 0.15) is 24.7 Å². The summed E-state index contributed by atoms with van der Waals surface area (Å²) in [5.74, 6) is 1.95. The highest BCUT2D eigenvalue weighted by atomic mass is 16.5. The predicted molar refractivity (Wildman–Crippen MR) is 165 cm³/mol. The fraction of sp³-hybridized carbons (Fsp3) is 0.444. The Labute approximate surface area is 240 Å². The van der Waals surface area contributed by atoms with E-state index in [0.717, 1.165) is 50.6 Å². The van der Waals surface area contributed by atoms with Crippen LogP contribution in [-0.4, -0.2) is 62.3 Å². The second kappa shape index (κ2) is 13.5. The molecule has 0 amide bonds. The van der Waals surface area contributed by atoms with E-state index in [1.807, 2.05) is 0 Å². The molecule has 2 fully saturated rings. The molecule has 2 heterocycles. The summed E-state index contributed by atoms with van der Waals surface area (Å²) < 4.78 is 12.4. The highest BCUT2D eigenvalue weighted by molar-refractivity contribution is 6.00. The molecule has 6 rings (SSSR count). The van der Waals surface area contributed by atoms with Crippen LogP contribution in [0.3, 0.4) is 0 Å². The number of ether oxygens (including phenoxy) is 2. The second-order valence-corrected chi connectivity index (χ2v) is 11.6. The molecule has 2 saturated heterocycles. The van der Waals surface area contributed by atoms with E-state index in [0.29, 0.717) is 0 Å². The molecule has 3 aliphatic rings. The third kappa shape index (κ3) is 6.79. The Balaban J connectivity index is 1.19. The third-order valence-electron chi connectivity index (χ3n) is 8.81. The van der Waals surface area contributed by atoms with Crippen LogP contribution in [0.25, 0.3) is 11.1 Å². The molecule has 0 saturated carbocycles. The van der Waals surface area contributed by atoms with Crippen LogP contribution in [0.1, 0.15) is 67.2 Å². The molecule has 0 spiro atoms. The highest BCUT2D eigenvalue weighted by Crippen LogP contribution is 2.42. The summed E-state index contributed by atoms with van der Waals surface area (Å²) >= 11 is 0. The molecule has 0 aromatic heterocycles. The Morgan fingerprint density at radius 3 is 1.80 bits per heavy atom. The average molecular weight is 537 g/mol. The number of hydrogen-bond donors (Lipinski definition) is 0. The van der Waals surface area contributed by atoms with Crippen molar-refractivity contribution in [1.29, 1.82) is 0 Å². The molecule has 0 atom stereocenters. The number of fused-ring (bicyclic) bond motifs is 1. The van der Waals surface area contributed by atoms with Crippen LogP contribution in [0.15, 0.2) is 72.8 Å². The highest BCUT2D eigenvalue weighted by Gasteiger charge is 2.22. The lowest BCUT2D eigenvalue weighted by Gasteiger charge is -2.27. The van der Waals surface area contributed by atoms with Gasteiger partial charge in [0, 0.05) is 13.1 Å². The molecule has 0 unspecified atom stereocenters. The van der Waals surface area contributed by atoms with Gasteiger partial charge < -0.3 is 9.47 Å². The van der Waals surface area contributed by atoms with Crippen LogP contribution in [0, 0.1) is 0 Å². The minimum Gasteiger partial charge on any atom is -0.492 e. The first kappa shape index (κ1) is 27.1. The van der Waals surface area contributed by atoms with Gasteiger partial charge in [0.15, 0.2) is 0 Å². The zero-order valence-electron chi connectivity index (χ0n) is 24.0. The zero-order valence-corrected chi connectivity index (χ0v) is 24.0. The number of piperidine rings is 2. The van der Waals surface area contributed by atoms with Crippen LogP contribution in [0.5, 0.6) is 11.5 Å². The smallest absolute Gasteiger partial charge is 0.119 e. The average Bonchev–Trinajstić information content (AvgIpc) is 3.02. The maximum absolute atomic E-state index is 6.25. The maximum Gasteiger partial charge on any atom is 0.119 e. The standard InChI is InChI=1S/C36H44N2O2/c1-4-10-29(11-5-1)34-18-14-31-28-33(40-27-25-38-22-8-3-9-23-38)17-19-35(31)36(34)30-12-15-32(16-13-30)39-26-24-37-20-6-2-7-21-37/h1,4-5,10-13,15-17,19,28H,2-3,6-9,14,18,20-27H2. The van der Waals surface area contributed by atoms with E-state index < -0.39 is 0 Å². The van der Waals surface area contributed by atoms with Gasteiger partial charge in [0.05, 0.1) is 0 Å². The Morgan fingerprint density at radius 1 is 0.550 bits per heavy atom. The monoisotopic (exact) mass is 536 g/mol. The minimum atomic E-state index is 0.751. The van der Waals surface area contributed by atoms with Crippen LogP contribution < -0.4 is 9.47 Å². The van der Waals surface area contributed by atoms with Crippen molar-refractivity contribution in [3.63, 3.8) is 0 Å². The van der Waals surface area contributed by atoms with Gasteiger partial charge in [0.25, 0.3) is 0 Å². The lowest BCUT2D eigenvalue weighted by molar-refractivity contribution is 0.183. The van der Waals surface area contributed by atoms with E-state index in [1.165, 1.54) is 98.1 Å². The Kier molecular flexibility index (Phi) is 9.16. The molecular formula is C36H44N2O2. The van der Waals surface area contributed by atoms with E-state index in [2.05, 4.69) is 82.6 Å². The Morgan fingerprint density at radius 2 is 1.15 bits per heavy atom. The molecule has 0 N–H and O–H groups in total. The van der Waals surface area contributed by atoms with Crippen molar-refractivity contribution < 1.29 is 9.47 Å². The van der Waals surface area contributed by atoms with Gasteiger partial charge >= 0.3 is 0 Å². The first-order valence-electron chi connectivity index (χ1n) is 15.6. The molecule has 1 aliphatic carbocycles. The fourth-order valence-corrected chi connectivity index (χ4v) is 6.58. The zero-order chi connectivity index (χ0) is 27.0. The van der Waals surface area contributed by atoms with Gasteiger partial charge in [-0.3, -0.25) is 9.80 Å². The SMILES string of the molecule is c1ccc(C2=C(c3ccc(OCCN4CCCCC4)cc3)c3ccc(OCCN4CCCCC4)cc3CC2)cc1. The number of rotatable bonds is 10. The molecule has 210 valence electrons. The van der Waals surface area contributed by atoms with Crippen molar-refractivity contribution in [2.75, 3.05) is 52.5 Å². The molecule has 0 bridgehead atoms. The van der Waals surface area contributed by atoms with Crippen molar-refractivity contribution in [2.45, 2.75) is 51.4 Å². The summed E-state index contributed by atoms with van der Waals surface area (Å²) in [4.78, 5) is 5.06.